The zero-order chi connectivity index (χ0) is 16.1. The van der Waals surface area contributed by atoms with E-state index < -0.39 is 0 Å². The van der Waals surface area contributed by atoms with Gasteiger partial charge in [0.05, 0.1) is 0 Å². The number of aromatic nitrogens is 2. The van der Waals surface area contributed by atoms with Gasteiger partial charge in [0, 0.05) is 24.4 Å². The minimum absolute atomic E-state index is 0.169. The van der Waals surface area contributed by atoms with Crippen LogP contribution in [0.1, 0.15) is 43.6 Å². The smallest absolute Gasteiger partial charge is 0.228 e. The van der Waals surface area contributed by atoms with Crippen LogP contribution in [0.4, 0.5) is 0 Å². The van der Waals surface area contributed by atoms with Crippen LogP contribution in [0.3, 0.4) is 0 Å². The lowest BCUT2D eigenvalue weighted by molar-refractivity contribution is -0.125. The number of nitrogens with zero attached hydrogens (tertiary/aromatic N) is 2. The Labute approximate surface area is 136 Å². The van der Waals surface area contributed by atoms with E-state index in [9.17, 15) is 4.79 Å². The molecule has 1 amide bonds. The third-order valence-corrected chi connectivity index (χ3v) is 4.39. The molecular formula is C18H23N3O2. The average molecular weight is 313 g/mol. The second-order valence-corrected chi connectivity index (χ2v) is 6.25. The Hall–Kier alpha value is -2.17. The van der Waals surface area contributed by atoms with Crippen molar-refractivity contribution >= 4 is 5.91 Å². The molecule has 1 aliphatic rings. The molecule has 2 aromatic rings. The van der Waals surface area contributed by atoms with E-state index in [2.05, 4.69) is 15.5 Å². The largest absolute Gasteiger partial charge is 0.355 e. The molecule has 0 spiro atoms. The topological polar surface area (TPSA) is 68.0 Å². The van der Waals surface area contributed by atoms with Gasteiger partial charge in [-0.1, -0.05) is 54.2 Å². The number of carbonyl (C=O) groups is 1. The second kappa shape index (κ2) is 7.40. The first-order valence-electron chi connectivity index (χ1n) is 8.40. The van der Waals surface area contributed by atoms with Gasteiger partial charge >= 0.3 is 0 Å². The molecule has 1 fully saturated rings. The van der Waals surface area contributed by atoms with Crippen LogP contribution in [0.25, 0.3) is 11.4 Å². The van der Waals surface area contributed by atoms with Crippen molar-refractivity contribution in [3.05, 3.63) is 35.7 Å². The molecule has 1 saturated carbocycles. The molecule has 0 bridgehead atoms. The maximum Gasteiger partial charge on any atom is 0.228 e. The SMILES string of the molecule is Cc1ccc(-c2noc(CCNC(=O)C3CCCCC3)n2)cc1. The molecule has 5 heteroatoms. The number of rotatable bonds is 5. The highest BCUT2D eigenvalue weighted by Crippen LogP contribution is 2.23. The van der Waals surface area contributed by atoms with Gasteiger partial charge in [0.25, 0.3) is 0 Å². The summed E-state index contributed by atoms with van der Waals surface area (Å²) in [6, 6.07) is 8.01. The van der Waals surface area contributed by atoms with Gasteiger partial charge < -0.3 is 9.84 Å². The Morgan fingerprint density at radius 3 is 2.70 bits per heavy atom. The molecule has 0 atom stereocenters. The van der Waals surface area contributed by atoms with E-state index in [1.807, 2.05) is 31.2 Å². The Balaban J connectivity index is 1.49. The van der Waals surface area contributed by atoms with E-state index in [1.165, 1.54) is 24.8 Å². The molecule has 0 radical (unpaired) electrons. The first-order valence-corrected chi connectivity index (χ1v) is 8.40. The molecule has 1 heterocycles. The van der Waals surface area contributed by atoms with E-state index in [-0.39, 0.29) is 11.8 Å². The molecule has 1 N–H and O–H groups in total. The summed E-state index contributed by atoms with van der Waals surface area (Å²) in [5, 5.41) is 7.00. The first-order chi connectivity index (χ1) is 11.2. The summed E-state index contributed by atoms with van der Waals surface area (Å²) in [7, 11) is 0. The van der Waals surface area contributed by atoms with Crippen molar-refractivity contribution in [1.29, 1.82) is 0 Å². The summed E-state index contributed by atoms with van der Waals surface area (Å²) in [5.74, 6) is 1.51. The van der Waals surface area contributed by atoms with Gasteiger partial charge in [-0.25, -0.2) is 0 Å². The van der Waals surface area contributed by atoms with Gasteiger partial charge in [0.1, 0.15) is 0 Å². The lowest BCUT2D eigenvalue weighted by Crippen LogP contribution is -2.33. The van der Waals surface area contributed by atoms with Gasteiger partial charge in [0.2, 0.25) is 17.6 Å². The standard InChI is InChI=1S/C18H23N3O2/c1-13-7-9-14(10-8-13)17-20-16(23-21-17)11-12-19-18(22)15-5-3-2-4-6-15/h7-10,15H,2-6,11-12H2,1H3,(H,19,22). The number of benzene rings is 1. The number of carbonyl (C=O) groups excluding carboxylic acids is 1. The summed E-state index contributed by atoms with van der Waals surface area (Å²) >= 11 is 0. The number of nitrogens with one attached hydrogen (secondary N) is 1. The first kappa shape index (κ1) is 15.7. The van der Waals surface area contributed by atoms with Crippen LogP contribution in [-0.2, 0) is 11.2 Å². The monoisotopic (exact) mass is 313 g/mol. The maximum atomic E-state index is 12.1. The third-order valence-electron chi connectivity index (χ3n) is 4.39. The Bertz CT molecular complexity index is 643. The van der Waals surface area contributed by atoms with Crippen LogP contribution in [0.2, 0.25) is 0 Å². The zero-order valence-electron chi connectivity index (χ0n) is 13.5. The van der Waals surface area contributed by atoms with Crippen LogP contribution in [0, 0.1) is 12.8 Å². The van der Waals surface area contributed by atoms with E-state index in [0.29, 0.717) is 24.7 Å². The van der Waals surface area contributed by atoms with Crippen molar-refractivity contribution in [2.45, 2.75) is 45.4 Å². The summed E-state index contributed by atoms with van der Waals surface area (Å²) in [6.07, 6.45) is 6.20. The predicted octanol–water partition coefficient (Wildman–Crippen LogP) is 3.28. The van der Waals surface area contributed by atoms with Crippen LogP contribution in [-0.4, -0.2) is 22.6 Å². The molecule has 0 unspecified atom stereocenters. The van der Waals surface area contributed by atoms with Gasteiger partial charge in [-0.3, -0.25) is 4.79 Å². The minimum Gasteiger partial charge on any atom is -0.355 e. The second-order valence-electron chi connectivity index (χ2n) is 6.25. The summed E-state index contributed by atoms with van der Waals surface area (Å²) in [4.78, 5) is 16.5. The lowest BCUT2D eigenvalue weighted by atomic mass is 9.89. The van der Waals surface area contributed by atoms with E-state index >= 15 is 0 Å². The average Bonchev–Trinajstić information content (AvgIpc) is 3.05. The van der Waals surface area contributed by atoms with Crippen molar-refractivity contribution < 1.29 is 9.32 Å². The molecule has 1 aromatic heterocycles. The fourth-order valence-electron chi connectivity index (χ4n) is 2.98. The maximum absolute atomic E-state index is 12.1. The van der Waals surface area contributed by atoms with Crippen LogP contribution < -0.4 is 5.32 Å². The highest BCUT2D eigenvalue weighted by Gasteiger charge is 2.20. The highest BCUT2D eigenvalue weighted by atomic mass is 16.5. The van der Waals surface area contributed by atoms with Crippen molar-refractivity contribution in [2.75, 3.05) is 6.54 Å². The van der Waals surface area contributed by atoms with Gasteiger partial charge in [-0.05, 0) is 19.8 Å². The Morgan fingerprint density at radius 2 is 1.96 bits per heavy atom. The van der Waals surface area contributed by atoms with Crippen LogP contribution >= 0.6 is 0 Å². The Morgan fingerprint density at radius 1 is 1.22 bits per heavy atom. The predicted molar refractivity (Wildman–Crippen MR) is 87.8 cm³/mol. The minimum atomic E-state index is 0.169. The summed E-state index contributed by atoms with van der Waals surface area (Å²) in [5.41, 5.74) is 2.14. The molecule has 0 aliphatic heterocycles. The number of hydrogen-bond acceptors (Lipinski definition) is 4. The molecule has 0 saturated heterocycles. The third kappa shape index (κ3) is 4.18. The van der Waals surface area contributed by atoms with Crippen LogP contribution in [0.5, 0.6) is 0 Å². The normalized spacial score (nSPS) is 15.5. The molecule has 3 rings (SSSR count). The van der Waals surface area contributed by atoms with E-state index in [4.69, 9.17) is 4.52 Å². The van der Waals surface area contributed by atoms with Crippen molar-refractivity contribution in [3.8, 4) is 11.4 Å². The zero-order valence-corrected chi connectivity index (χ0v) is 13.5. The fraction of sp³-hybridized carbons (Fsp3) is 0.500. The molecule has 23 heavy (non-hydrogen) atoms. The number of aryl methyl sites for hydroxylation is 1. The number of hydrogen-bond donors (Lipinski definition) is 1. The van der Waals surface area contributed by atoms with E-state index in [1.54, 1.807) is 0 Å². The van der Waals surface area contributed by atoms with Gasteiger partial charge in [0.15, 0.2) is 0 Å². The molecular weight excluding hydrogens is 290 g/mol. The van der Waals surface area contributed by atoms with Crippen molar-refractivity contribution in [2.24, 2.45) is 5.92 Å². The van der Waals surface area contributed by atoms with Crippen molar-refractivity contribution in [1.82, 2.24) is 15.5 Å². The quantitative estimate of drug-likeness (QED) is 0.919. The van der Waals surface area contributed by atoms with E-state index in [0.717, 1.165) is 18.4 Å². The van der Waals surface area contributed by atoms with Crippen molar-refractivity contribution in [3.63, 3.8) is 0 Å². The fourth-order valence-corrected chi connectivity index (χ4v) is 2.98. The molecule has 122 valence electrons. The van der Waals surface area contributed by atoms with Gasteiger partial charge in [-0.2, -0.15) is 4.98 Å². The number of amides is 1. The lowest BCUT2D eigenvalue weighted by Gasteiger charge is -2.20. The molecule has 1 aromatic carbocycles. The molecule has 1 aliphatic carbocycles. The van der Waals surface area contributed by atoms with Crippen LogP contribution in [0.15, 0.2) is 28.8 Å². The summed E-state index contributed by atoms with van der Waals surface area (Å²) < 4.78 is 5.26. The highest BCUT2D eigenvalue weighted by molar-refractivity contribution is 5.78. The Kier molecular flexibility index (Phi) is 5.05. The van der Waals surface area contributed by atoms with Gasteiger partial charge in [-0.15, -0.1) is 0 Å². The molecule has 5 nitrogen and oxygen atoms in total. The summed E-state index contributed by atoms with van der Waals surface area (Å²) in [6.45, 7) is 2.59.